The molecule has 3 aromatic heterocycles. The third kappa shape index (κ3) is 2.65. The molecule has 4 rings (SSSR count). The zero-order valence-corrected chi connectivity index (χ0v) is 14.2. The Morgan fingerprint density at radius 3 is 2.84 bits per heavy atom. The van der Waals surface area contributed by atoms with Crippen molar-refractivity contribution >= 4 is 22.1 Å². The second kappa shape index (κ2) is 6.05. The lowest BCUT2D eigenvalue weighted by Crippen LogP contribution is -2.24. The van der Waals surface area contributed by atoms with Crippen LogP contribution in [0.3, 0.4) is 0 Å². The second-order valence-electron chi connectivity index (χ2n) is 6.15. The maximum absolute atomic E-state index is 12.4. The van der Waals surface area contributed by atoms with E-state index in [-0.39, 0.29) is 5.56 Å². The summed E-state index contributed by atoms with van der Waals surface area (Å²) in [4.78, 5) is 16.9. The predicted molar refractivity (Wildman–Crippen MR) is 99.2 cm³/mol. The van der Waals surface area contributed by atoms with Gasteiger partial charge in [0, 0.05) is 42.8 Å². The van der Waals surface area contributed by atoms with Crippen LogP contribution in [0, 0.1) is 13.8 Å². The summed E-state index contributed by atoms with van der Waals surface area (Å²) in [6.45, 7) is 5.41. The van der Waals surface area contributed by atoms with Gasteiger partial charge in [-0.2, -0.15) is 5.10 Å². The van der Waals surface area contributed by atoms with Crippen molar-refractivity contribution in [3.63, 3.8) is 0 Å². The van der Waals surface area contributed by atoms with Crippen LogP contribution in [0.5, 0.6) is 0 Å². The number of aromatic nitrogens is 4. The van der Waals surface area contributed by atoms with Crippen LogP contribution in [0.2, 0.25) is 0 Å². The van der Waals surface area contributed by atoms with Crippen molar-refractivity contribution in [1.29, 1.82) is 0 Å². The van der Waals surface area contributed by atoms with Crippen LogP contribution < -0.4 is 10.9 Å². The molecule has 6 heteroatoms. The molecule has 126 valence electrons. The number of benzene rings is 1. The van der Waals surface area contributed by atoms with Gasteiger partial charge in [0.25, 0.3) is 5.56 Å². The molecule has 0 radical (unpaired) electrons. The number of hydrogen-bond donors (Lipinski definition) is 1. The fourth-order valence-electron chi connectivity index (χ4n) is 3.06. The SMILES string of the molecule is Cc1ccc2c(NCCn3ccn4nccc4c3=O)ccnc2c1C. The third-order valence-electron chi connectivity index (χ3n) is 4.64. The van der Waals surface area contributed by atoms with Gasteiger partial charge in [-0.15, -0.1) is 0 Å². The Morgan fingerprint density at radius 2 is 1.96 bits per heavy atom. The van der Waals surface area contributed by atoms with Gasteiger partial charge in [-0.05, 0) is 37.1 Å². The Kier molecular flexibility index (Phi) is 3.72. The van der Waals surface area contributed by atoms with Crippen LogP contribution in [0.4, 0.5) is 5.69 Å². The lowest BCUT2D eigenvalue weighted by Gasteiger charge is -2.12. The monoisotopic (exact) mass is 333 g/mol. The molecule has 3 heterocycles. The van der Waals surface area contributed by atoms with Gasteiger partial charge in [-0.25, -0.2) is 4.52 Å². The fourth-order valence-corrected chi connectivity index (χ4v) is 3.06. The van der Waals surface area contributed by atoms with Gasteiger partial charge < -0.3 is 9.88 Å². The van der Waals surface area contributed by atoms with E-state index < -0.39 is 0 Å². The standard InChI is InChI=1S/C19H19N5O/c1-13-3-4-15-16(5-7-21-18(15)14(13)2)20-9-10-23-11-12-24-17(19(23)25)6-8-22-24/h3-8,11-12H,9-10H2,1-2H3,(H,20,21). The molecule has 0 saturated heterocycles. The normalized spacial score (nSPS) is 11.3. The summed E-state index contributed by atoms with van der Waals surface area (Å²) in [6.07, 6.45) is 7.02. The molecule has 0 fully saturated rings. The molecule has 0 atom stereocenters. The maximum atomic E-state index is 12.4. The van der Waals surface area contributed by atoms with Crippen LogP contribution in [0.15, 0.2) is 53.8 Å². The first-order valence-electron chi connectivity index (χ1n) is 8.27. The quantitative estimate of drug-likeness (QED) is 0.624. The highest BCUT2D eigenvalue weighted by atomic mass is 16.1. The van der Waals surface area contributed by atoms with E-state index in [1.807, 2.05) is 12.3 Å². The smallest absolute Gasteiger partial charge is 0.276 e. The number of nitrogens with zero attached hydrogens (tertiary/aromatic N) is 4. The zero-order chi connectivity index (χ0) is 17.4. The Balaban J connectivity index is 1.57. The van der Waals surface area contributed by atoms with Gasteiger partial charge in [-0.1, -0.05) is 12.1 Å². The number of rotatable bonds is 4. The van der Waals surface area contributed by atoms with E-state index in [9.17, 15) is 4.79 Å². The molecule has 0 saturated carbocycles. The summed E-state index contributed by atoms with van der Waals surface area (Å²) in [5.74, 6) is 0. The summed E-state index contributed by atoms with van der Waals surface area (Å²) in [5, 5.41) is 8.61. The van der Waals surface area contributed by atoms with Crippen molar-refractivity contribution in [3.8, 4) is 0 Å². The molecule has 0 bridgehead atoms. The topological polar surface area (TPSA) is 64.2 Å². The molecule has 1 N–H and O–H groups in total. The lowest BCUT2D eigenvalue weighted by molar-refractivity contribution is 0.688. The van der Waals surface area contributed by atoms with Gasteiger partial charge in [0.05, 0.1) is 11.7 Å². The van der Waals surface area contributed by atoms with E-state index in [0.29, 0.717) is 18.6 Å². The molecule has 0 spiro atoms. The minimum Gasteiger partial charge on any atom is -0.383 e. The maximum Gasteiger partial charge on any atom is 0.276 e. The van der Waals surface area contributed by atoms with E-state index >= 15 is 0 Å². The first-order chi connectivity index (χ1) is 12.1. The molecule has 0 aliphatic rings. The van der Waals surface area contributed by atoms with Gasteiger partial charge in [0.1, 0.15) is 5.52 Å². The number of nitrogens with one attached hydrogen (secondary N) is 1. The van der Waals surface area contributed by atoms with Crippen LogP contribution >= 0.6 is 0 Å². The fraction of sp³-hybridized carbons (Fsp3) is 0.211. The summed E-state index contributed by atoms with van der Waals surface area (Å²) in [5.41, 5.74) is 5.03. The zero-order valence-electron chi connectivity index (χ0n) is 14.2. The Hall–Kier alpha value is -3.15. The molecule has 1 aromatic carbocycles. The first-order valence-corrected chi connectivity index (χ1v) is 8.27. The van der Waals surface area contributed by atoms with E-state index in [1.165, 1.54) is 11.1 Å². The average molecular weight is 333 g/mol. The van der Waals surface area contributed by atoms with Crippen molar-refractivity contribution in [1.82, 2.24) is 19.2 Å². The summed E-state index contributed by atoms with van der Waals surface area (Å²) < 4.78 is 3.29. The van der Waals surface area contributed by atoms with Gasteiger partial charge in [0.2, 0.25) is 0 Å². The minimum absolute atomic E-state index is 0.0344. The van der Waals surface area contributed by atoms with E-state index in [1.54, 1.807) is 33.7 Å². The highest BCUT2D eigenvalue weighted by Crippen LogP contribution is 2.25. The number of hydrogen-bond acceptors (Lipinski definition) is 4. The largest absolute Gasteiger partial charge is 0.383 e. The van der Waals surface area contributed by atoms with Crippen LogP contribution in [-0.2, 0) is 6.54 Å². The lowest BCUT2D eigenvalue weighted by atomic mass is 10.0. The summed E-state index contributed by atoms with van der Waals surface area (Å²) >= 11 is 0. The Labute approximate surface area is 144 Å². The van der Waals surface area contributed by atoms with Crippen molar-refractivity contribution < 1.29 is 0 Å². The van der Waals surface area contributed by atoms with Crippen LogP contribution in [0.25, 0.3) is 16.4 Å². The summed E-state index contributed by atoms with van der Waals surface area (Å²) in [6, 6.07) is 7.91. The highest BCUT2D eigenvalue weighted by molar-refractivity contribution is 5.93. The average Bonchev–Trinajstić information content (AvgIpc) is 3.10. The summed E-state index contributed by atoms with van der Waals surface area (Å²) in [7, 11) is 0. The van der Waals surface area contributed by atoms with Crippen molar-refractivity contribution in [3.05, 3.63) is 70.5 Å². The van der Waals surface area contributed by atoms with Gasteiger partial charge in [-0.3, -0.25) is 9.78 Å². The van der Waals surface area contributed by atoms with Crippen molar-refractivity contribution in [2.75, 3.05) is 11.9 Å². The number of fused-ring (bicyclic) bond motifs is 2. The van der Waals surface area contributed by atoms with Crippen molar-refractivity contribution in [2.45, 2.75) is 20.4 Å². The third-order valence-corrected chi connectivity index (χ3v) is 4.64. The van der Waals surface area contributed by atoms with E-state index in [4.69, 9.17) is 0 Å². The van der Waals surface area contributed by atoms with Crippen LogP contribution in [0.1, 0.15) is 11.1 Å². The van der Waals surface area contributed by atoms with Gasteiger partial charge in [0.15, 0.2) is 0 Å². The molecule has 6 nitrogen and oxygen atoms in total. The molecule has 0 unspecified atom stereocenters. The van der Waals surface area contributed by atoms with E-state index in [2.05, 4.69) is 41.4 Å². The number of aryl methyl sites for hydroxylation is 2. The molecule has 25 heavy (non-hydrogen) atoms. The number of pyridine rings is 1. The number of anilines is 1. The minimum atomic E-state index is -0.0344. The molecule has 0 amide bonds. The highest BCUT2D eigenvalue weighted by Gasteiger charge is 2.07. The molecular formula is C19H19N5O. The Morgan fingerprint density at radius 1 is 1.08 bits per heavy atom. The van der Waals surface area contributed by atoms with E-state index in [0.717, 1.165) is 16.6 Å². The predicted octanol–water partition coefficient (Wildman–Crippen LogP) is 2.77. The first kappa shape index (κ1) is 15.4. The van der Waals surface area contributed by atoms with Crippen LogP contribution in [-0.4, -0.2) is 25.7 Å². The van der Waals surface area contributed by atoms with Crippen molar-refractivity contribution in [2.24, 2.45) is 0 Å². The molecule has 0 aliphatic heterocycles. The molecule has 0 aliphatic carbocycles. The molecule has 4 aromatic rings. The Bertz CT molecular complexity index is 1130. The van der Waals surface area contributed by atoms with Gasteiger partial charge >= 0.3 is 0 Å². The molecular weight excluding hydrogens is 314 g/mol. The second-order valence-corrected chi connectivity index (χ2v) is 6.15.